The van der Waals surface area contributed by atoms with Crippen molar-refractivity contribution in [3.05, 3.63) is 51.4 Å². The number of nitrogens with zero attached hydrogens (tertiary/aromatic N) is 2. The minimum absolute atomic E-state index is 0.0937. The number of carbonyl (C=O) groups excluding carboxylic acids is 2. The maximum atomic E-state index is 12.6. The SMILES string of the molecule is COC(=O)c1c(NC(=O)CN2CCN(Cc3ccccc3C)CC2)sc(C)c1C. The predicted octanol–water partition coefficient (Wildman–Crippen LogP) is 3.22. The molecule has 1 amide bonds. The molecule has 0 spiro atoms. The first-order valence-corrected chi connectivity index (χ1v) is 10.7. The molecule has 0 saturated carbocycles. The van der Waals surface area contributed by atoms with Crippen LogP contribution < -0.4 is 5.32 Å². The summed E-state index contributed by atoms with van der Waals surface area (Å²) in [6, 6.07) is 8.47. The topological polar surface area (TPSA) is 61.9 Å². The smallest absolute Gasteiger partial charge is 0.341 e. The van der Waals surface area contributed by atoms with Crippen LogP contribution in [0.15, 0.2) is 24.3 Å². The second-order valence-corrected chi connectivity index (χ2v) is 8.73. The molecule has 1 N–H and O–H groups in total. The molecule has 2 heterocycles. The second kappa shape index (κ2) is 9.52. The molecule has 0 radical (unpaired) electrons. The monoisotopic (exact) mass is 415 g/mol. The molecule has 1 aromatic heterocycles. The van der Waals surface area contributed by atoms with Crippen LogP contribution in [0.25, 0.3) is 0 Å². The Morgan fingerprint density at radius 2 is 1.72 bits per heavy atom. The van der Waals surface area contributed by atoms with E-state index in [9.17, 15) is 9.59 Å². The van der Waals surface area contributed by atoms with Crippen molar-refractivity contribution in [1.29, 1.82) is 0 Å². The van der Waals surface area contributed by atoms with E-state index >= 15 is 0 Å². The van der Waals surface area contributed by atoms with Gasteiger partial charge in [-0.3, -0.25) is 14.6 Å². The van der Waals surface area contributed by atoms with Crippen LogP contribution in [-0.2, 0) is 16.1 Å². The Labute approximate surface area is 176 Å². The van der Waals surface area contributed by atoms with Crippen molar-refractivity contribution in [2.45, 2.75) is 27.3 Å². The van der Waals surface area contributed by atoms with E-state index in [1.807, 2.05) is 13.8 Å². The Balaban J connectivity index is 1.52. The van der Waals surface area contributed by atoms with Gasteiger partial charge in [0.1, 0.15) is 5.00 Å². The highest BCUT2D eigenvalue weighted by molar-refractivity contribution is 7.16. The third-order valence-electron chi connectivity index (χ3n) is 5.52. The van der Waals surface area contributed by atoms with E-state index in [-0.39, 0.29) is 5.91 Å². The minimum atomic E-state index is -0.410. The third-order valence-corrected chi connectivity index (χ3v) is 6.64. The molecule has 1 aliphatic heterocycles. The highest BCUT2D eigenvalue weighted by Gasteiger charge is 2.23. The lowest BCUT2D eigenvalue weighted by atomic mass is 10.1. The molecular weight excluding hydrogens is 386 g/mol. The summed E-state index contributed by atoms with van der Waals surface area (Å²) in [5, 5.41) is 3.50. The summed E-state index contributed by atoms with van der Waals surface area (Å²) in [4.78, 5) is 30.2. The van der Waals surface area contributed by atoms with Gasteiger partial charge in [0.25, 0.3) is 0 Å². The molecule has 1 saturated heterocycles. The molecule has 0 atom stereocenters. The summed E-state index contributed by atoms with van der Waals surface area (Å²) < 4.78 is 4.87. The van der Waals surface area contributed by atoms with Gasteiger partial charge in [-0.25, -0.2) is 4.79 Å². The number of piperazine rings is 1. The average molecular weight is 416 g/mol. The fourth-order valence-corrected chi connectivity index (χ4v) is 4.63. The zero-order valence-corrected chi connectivity index (χ0v) is 18.4. The normalized spacial score (nSPS) is 15.3. The number of carbonyl (C=O) groups is 2. The number of thiophene rings is 1. The number of ether oxygens (including phenoxy) is 1. The van der Waals surface area contributed by atoms with Gasteiger partial charge >= 0.3 is 5.97 Å². The molecule has 1 aromatic carbocycles. The van der Waals surface area contributed by atoms with E-state index in [1.54, 1.807) is 0 Å². The fraction of sp³-hybridized carbons (Fsp3) is 0.455. The molecule has 0 aliphatic carbocycles. The quantitative estimate of drug-likeness (QED) is 0.734. The number of esters is 1. The van der Waals surface area contributed by atoms with Crippen molar-refractivity contribution in [3.8, 4) is 0 Å². The van der Waals surface area contributed by atoms with Crippen LogP contribution in [0.5, 0.6) is 0 Å². The molecule has 0 unspecified atom stereocenters. The lowest BCUT2D eigenvalue weighted by Crippen LogP contribution is -2.48. The van der Waals surface area contributed by atoms with Gasteiger partial charge < -0.3 is 10.1 Å². The van der Waals surface area contributed by atoms with Gasteiger partial charge in [-0.15, -0.1) is 11.3 Å². The molecule has 156 valence electrons. The van der Waals surface area contributed by atoms with Crippen LogP contribution in [0.4, 0.5) is 5.00 Å². The molecule has 7 heteroatoms. The van der Waals surface area contributed by atoms with Crippen LogP contribution >= 0.6 is 11.3 Å². The van der Waals surface area contributed by atoms with Gasteiger partial charge in [0.2, 0.25) is 5.91 Å². The maximum absolute atomic E-state index is 12.6. The lowest BCUT2D eigenvalue weighted by molar-refractivity contribution is -0.117. The minimum Gasteiger partial charge on any atom is -0.465 e. The van der Waals surface area contributed by atoms with Gasteiger partial charge in [0.05, 0.1) is 19.2 Å². The Morgan fingerprint density at radius 1 is 1.07 bits per heavy atom. The third kappa shape index (κ3) is 5.23. The number of hydrogen-bond acceptors (Lipinski definition) is 6. The van der Waals surface area contributed by atoms with E-state index in [0.29, 0.717) is 17.1 Å². The Bertz CT molecular complexity index is 885. The molecule has 29 heavy (non-hydrogen) atoms. The number of benzene rings is 1. The number of hydrogen-bond donors (Lipinski definition) is 1. The highest BCUT2D eigenvalue weighted by atomic mass is 32.1. The van der Waals surface area contributed by atoms with Crippen molar-refractivity contribution < 1.29 is 14.3 Å². The fourth-order valence-electron chi connectivity index (χ4n) is 3.57. The maximum Gasteiger partial charge on any atom is 0.341 e. The van der Waals surface area contributed by atoms with Gasteiger partial charge in [-0.2, -0.15) is 0 Å². The Hall–Kier alpha value is -2.22. The predicted molar refractivity (Wildman–Crippen MR) is 117 cm³/mol. The van der Waals surface area contributed by atoms with Crippen LogP contribution in [0, 0.1) is 20.8 Å². The van der Waals surface area contributed by atoms with Crippen LogP contribution in [-0.4, -0.2) is 61.5 Å². The van der Waals surface area contributed by atoms with Gasteiger partial charge in [0, 0.05) is 37.6 Å². The first-order valence-electron chi connectivity index (χ1n) is 9.86. The van der Waals surface area contributed by atoms with E-state index in [1.165, 1.54) is 29.6 Å². The van der Waals surface area contributed by atoms with Gasteiger partial charge in [-0.05, 0) is 37.5 Å². The first-order chi connectivity index (χ1) is 13.9. The number of nitrogens with one attached hydrogen (secondary N) is 1. The molecular formula is C22H29N3O3S. The molecule has 2 aromatic rings. The van der Waals surface area contributed by atoms with E-state index in [4.69, 9.17) is 4.74 Å². The number of rotatable bonds is 6. The molecule has 1 aliphatic rings. The van der Waals surface area contributed by atoms with Crippen molar-refractivity contribution >= 4 is 28.2 Å². The van der Waals surface area contributed by atoms with Crippen LogP contribution in [0.1, 0.15) is 31.9 Å². The van der Waals surface area contributed by atoms with Crippen molar-refractivity contribution in [2.24, 2.45) is 0 Å². The Kier molecular flexibility index (Phi) is 7.05. The van der Waals surface area contributed by atoms with E-state index in [0.717, 1.165) is 43.2 Å². The number of methoxy groups -OCH3 is 1. The summed E-state index contributed by atoms with van der Waals surface area (Å²) in [6.07, 6.45) is 0. The van der Waals surface area contributed by atoms with Crippen molar-refractivity contribution in [3.63, 3.8) is 0 Å². The second-order valence-electron chi connectivity index (χ2n) is 7.51. The summed E-state index contributed by atoms with van der Waals surface area (Å²) in [7, 11) is 1.36. The van der Waals surface area contributed by atoms with Crippen LogP contribution in [0.2, 0.25) is 0 Å². The van der Waals surface area contributed by atoms with E-state index in [2.05, 4.69) is 46.3 Å². The van der Waals surface area contributed by atoms with Crippen molar-refractivity contribution in [2.75, 3.05) is 45.2 Å². The zero-order chi connectivity index (χ0) is 21.0. The van der Waals surface area contributed by atoms with E-state index < -0.39 is 5.97 Å². The zero-order valence-electron chi connectivity index (χ0n) is 17.6. The first kappa shape index (κ1) is 21.5. The molecule has 3 rings (SSSR count). The molecule has 1 fully saturated rings. The summed E-state index contributed by atoms with van der Waals surface area (Å²) in [5.74, 6) is -0.504. The number of aryl methyl sites for hydroxylation is 2. The Morgan fingerprint density at radius 3 is 2.38 bits per heavy atom. The van der Waals surface area contributed by atoms with Crippen LogP contribution in [0.3, 0.4) is 0 Å². The van der Waals surface area contributed by atoms with Gasteiger partial charge in [-0.1, -0.05) is 24.3 Å². The number of amides is 1. The largest absolute Gasteiger partial charge is 0.465 e. The molecule has 0 bridgehead atoms. The van der Waals surface area contributed by atoms with Crippen molar-refractivity contribution in [1.82, 2.24) is 9.80 Å². The lowest BCUT2D eigenvalue weighted by Gasteiger charge is -2.34. The van der Waals surface area contributed by atoms with Gasteiger partial charge in [0.15, 0.2) is 0 Å². The number of anilines is 1. The summed E-state index contributed by atoms with van der Waals surface area (Å²) >= 11 is 1.42. The molecule has 6 nitrogen and oxygen atoms in total. The highest BCUT2D eigenvalue weighted by Crippen LogP contribution is 2.32. The summed E-state index contributed by atoms with van der Waals surface area (Å²) in [5.41, 5.74) is 4.00. The summed E-state index contributed by atoms with van der Waals surface area (Å²) in [6.45, 7) is 10.8. The standard InChI is InChI=1S/C22H29N3O3S/c1-15-7-5-6-8-18(15)13-24-9-11-25(12-10-24)14-19(26)23-21-20(22(27)28-4)16(2)17(3)29-21/h5-8H,9-14H2,1-4H3,(H,23,26). The average Bonchev–Trinajstić information content (AvgIpc) is 2.97.